The van der Waals surface area contributed by atoms with Gasteiger partial charge >= 0.3 is 0 Å². The van der Waals surface area contributed by atoms with Crippen molar-refractivity contribution >= 4 is 0 Å². The van der Waals surface area contributed by atoms with E-state index in [1.165, 1.54) is 26.1 Å². The van der Waals surface area contributed by atoms with Crippen molar-refractivity contribution in [2.75, 3.05) is 26.7 Å². The molecule has 2 heteroatoms. The first kappa shape index (κ1) is 8.52. The molecule has 2 atom stereocenters. The smallest absolute Gasteiger partial charge is 0.0229 e. The molecule has 0 radical (unpaired) electrons. The van der Waals surface area contributed by atoms with Gasteiger partial charge in [-0.05, 0) is 31.3 Å². The number of rotatable bonds is 0. The van der Waals surface area contributed by atoms with Gasteiger partial charge in [-0.25, -0.2) is 0 Å². The minimum atomic E-state index is 0.534. The molecule has 0 aromatic rings. The number of likely N-dealkylation sites (tertiary alicyclic amines) is 1. The second-order valence-electron chi connectivity index (χ2n) is 5.13. The molecule has 2 aliphatic rings. The number of nitrogens with one attached hydrogen (secondary N) is 1. The van der Waals surface area contributed by atoms with Gasteiger partial charge in [-0.1, -0.05) is 13.8 Å². The molecule has 2 unspecified atom stereocenters. The highest BCUT2D eigenvalue weighted by molar-refractivity contribution is 4.99. The lowest BCUT2D eigenvalue weighted by Gasteiger charge is -2.37. The third-order valence-electron chi connectivity index (χ3n) is 3.64. The van der Waals surface area contributed by atoms with Crippen LogP contribution in [-0.4, -0.2) is 37.6 Å². The Kier molecular flexibility index (Phi) is 1.92. The van der Waals surface area contributed by atoms with E-state index in [0.717, 1.165) is 12.0 Å². The molecule has 0 aromatic heterocycles. The summed E-state index contributed by atoms with van der Waals surface area (Å²) in [7, 11) is 2.23. The number of likely N-dealkylation sites (N-methyl/N-ethyl adjacent to an activating group) is 1. The predicted molar refractivity (Wildman–Crippen MR) is 51.2 cm³/mol. The molecule has 2 heterocycles. The van der Waals surface area contributed by atoms with Crippen molar-refractivity contribution in [2.24, 2.45) is 11.3 Å². The topological polar surface area (TPSA) is 15.3 Å². The highest BCUT2D eigenvalue weighted by Gasteiger charge is 2.43. The van der Waals surface area contributed by atoms with Crippen LogP contribution in [0.2, 0.25) is 0 Å². The second kappa shape index (κ2) is 2.71. The third-order valence-corrected chi connectivity index (χ3v) is 3.64. The summed E-state index contributed by atoms with van der Waals surface area (Å²) >= 11 is 0. The van der Waals surface area contributed by atoms with E-state index in [0.29, 0.717) is 5.41 Å². The zero-order valence-electron chi connectivity index (χ0n) is 8.43. The summed E-state index contributed by atoms with van der Waals surface area (Å²) in [6, 6.07) is 0.763. The number of nitrogens with zero attached hydrogens (tertiary/aromatic N) is 1. The minimum Gasteiger partial charge on any atom is -0.312 e. The van der Waals surface area contributed by atoms with Crippen molar-refractivity contribution in [3.63, 3.8) is 0 Å². The van der Waals surface area contributed by atoms with Gasteiger partial charge in [0.15, 0.2) is 0 Å². The Morgan fingerprint density at radius 2 is 2.17 bits per heavy atom. The molecular formula is C10H20N2. The molecule has 0 amide bonds. The summed E-state index contributed by atoms with van der Waals surface area (Å²) in [5.41, 5.74) is 0.534. The number of hydrogen-bond acceptors (Lipinski definition) is 2. The van der Waals surface area contributed by atoms with Gasteiger partial charge in [0.25, 0.3) is 0 Å². The summed E-state index contributed by atoms with van der Waals surface area (Å²) in [5, 5.41) is 3.64. The van der Waals surface area contributed by atoms with Crippen LogP contribution in [0.5, 0.6) is 0 Å². The maximum absolute atomic E-state index is 3.64. The normalized spacial score (nSPS) is 41.2. The average molecular weight is 168 g/mol. The first-order valence-electron chi connectivity index (χ1n) is 5.01. The van der Waals surface area contributed by atoms with Crippen LogP contribution in [0.25, 0.3) is 0 Å². The van der Waals surface area contributed by atoms with Gasteiger partial charge in [0.1, 0.15) is 0 Å². The van der Waals surface area contributed by atoms with E-state index < -0.39 is 0 Å². The van der Waals surface area contributed by atoms with Gasteiger partial charge < -0.3 is 10.2 Å². The highest BCUT2D eigenvalue weighted by Crippen LogP contribution is 2.38. The van der Waals surface area contributed by atoms with Crippen molar-refractivity contribution in [3.05, 3.63) is 0 Å². The molecule has 2 rings (SSSR count). The molecule has 0 saturated carbocycles. The number of fused-ring (bicyclic) bond motifs is 1. The molecule has 2 saturated heterocycles. The standard InChI is InChI=1S/C10H20N2/c1-10(2)7-11-9-6-12(3)5-4-8(9)10/h8-9,11H,4-7H2,1-3H3. The lowest BCUT2D eigenvalue weighted by atomic mass is 9.75. The highest BCUT2D eigenvalue weighted by atomic mass is 15.2. The second-order valence-corrected chi connectivity index (χ2v) is 5.13. The fourth-order valence-corrected chi connectivity index (χ4v) is 2.78. The van der Waals surface area contributed by atoms with Crippen LogP contribution < -0.4 is 5.32 Å². The molecule has 0 bridgehead atoms. The van der Waals surface area contributed by atoms with Crippen LogP contribution in [0.4, 0.5) is 0 Å². The monoisotopic (exact) mass is 168 g/mol. The Bertz CT molecular complexity index is 177. The van der Waals surface area contributed by atoms with Gasteiger partial charge in [-0.15, -0.1) is 0 Å². The van der Waals surface area contributed by atoms with E-state index in [1.54, 1.807) is 0 Å². The van der Waals surface area contributed by atoms with Crippen molar-refractivity contribution in [1.82, 2.24) is 10.2 Å². The Balaban J connectivity index is 2.08. The molecule has 2 fully saturated rings. The molecule has 2 aliphatic heterocycles. The van der Waals surface area contributed by atoms with E-state index in [4.69, 9.17) is 0 Å². The average Bonchev–Trinajstić information content (AvgIpc) is 2.27. The predicted octanol–water partition coefficient (Wildman–Crippen LogP) is 0.936. The molecule has 2 nitrogen and oxygen atoms in total. The fraction of sp³-hybridized carbons (Fsp3) is 1.00. The van der Waals surface area contributed by atoms with Gasteiger partial charge in [-0.2, -0.15) is 0 Å². The van der Waals surface area contributed by atoms with E-state index in [1.807, 2.05) is 0 Å². The third kappa shape index (κ3) is 1.27. The number of hydrogen-bond donors (Lipinski definition) is 1. The maximum atomic E-state index is 3.64. The molecule has 1 N–H and O–H groups in total. The van der Waals surface area contributed by atoms with Crippen LogP contribution in [0.1, 0.15) is 20.3 Å². The van der Waals surface area contributed by atoms with Crippen LogP contribution in [0, 0.1) is 11.3 Å². The zero-order chi connectivity index (χ0) is 8.77. The summed E-state index contributed by atoms with van der Waals surface area (Å²) < 4.78 is 0. The minimum absolute atomic E-state index is 0.534. The Morgan fingerprint density at radius 3 is 2.92 bits per heavy atom. The first-order valence-corrected chi connectivity index (χ1v) is 5.01. The van der Waals surface area contributed by atoms with Gasteiger partial charge in [0.2, 0.25) is 0 Å². The van der Waals surface area contributed by atoms with Crippen molar-refractivity contribution in [3.8, 4) is 0 Å². The first-order chi connectivity index (χ1) is 5.59. The van der Waals surface area contributed by atoms with Gasteiger partial charge in [-0.3, -0.25) is 0 Å². The quantitative estimate of drug-likeness (QED) is 0.579. The Morgan fingerprint density at radius 1 is 1.42 bits per heavy atom. The molecule has 70 valence electrons. The van der Waals surface area contributed by atoms with Crippen molar-refractivity contribution in [2.45, 2.75) is 26.3 Å². The van der Waals surface area contributed by atoms with Gasteiger partial charge in [0, 0.05) is 19.1 Å². The molecule has 0 spiro atoms. The Labute approximate surface area is 75.3 Å². The summed E-state index contributed by atoms with van der Waals surface area (Å²) in [4.78, 5) is 2.44. The maximum Gasteiger partial charge on any atom is 0.0229 e. The van der Waals surface area contributed by atoms with Crippen molar-refractivity contribution < 1.29 is 0 Å². The lowest BCUT2D eigenvalue weighted by Crippen LogP contribution is -2.45. The Hall–Kier alpha value is -0.0800. The zero-order valence-corrected chi connectivity index (χ0v) is 8.43. The summed E-state index contributed by atoms with van der Waals surface area (Å²) in [6.45, 7) is 8.53. The van der Waals surface area contributed by atoms with Crippen LogP contribution in [0.15, 0.2) is 0 Å². The molecule has 0 aliphatic carbocycles. The van der Waals surface area contributed by atoms with Crippen LogP contribution in [0.3, 0.4) is 0 Å². The molecule has 0 aromatic carbocycles. The molecular weight excluding hydrogens is 148 g/mol. The largest absolute Gasteiger partial charge is 0.312 e. The van der Waals surface area contributed by atoms with Gasteiger partial charge in [0.05, 0.1) is 0 Å². The van der Waals surface area contributed by atoms with Crippen LogP contribution >= 0.6 is 0 Å². The summed E-state index contributed by atoms with van der Waals surface area (Å²) in [5.74, 6) is 0.911. The summed E-state index contributed by atoms with van der Waals surface area (Å²) in [6.07, 6.45) is 1.38. The lowest BCUT2D eigenvalue weighted by molar-refractivity contribution is 0.142. The van der Waals surface area contributed by atoms with Crippen molar-refractivity contribution in [1.29, 1.82) is 0 Å². The van der Waals surface area contributed by atoms with E-state index in [2.05, 4.69) is 31.1 Å². The SMILES string of the molecule is CN1CCC2C(C1)NCC2(C)C. The number of piperidine rings is 1. The van der Waals surface area contributed by atoms with E-state index in [-0.39, 0.29) is 0 Å². The van der Waals surface area contributed by atoms with E-state index in [9.17, 15) is 0 Å². The molecule has 12 heavy (non-hydrogen) atoms. The fourth-order valence-electron chi connectivity index (χ4n) is 2.78. The van der Waals surface area contributed by atoms with E-state index >= 15 is 0 Å². The van der Waals surface area contributed by atoms with Crippen LogP contribution in [-0.2, 0) is 0 Å².